The Labute approximate surface area is 79.9 Å². The average Bonchev–Trinajstić information content (AvgIpc) is 2.13. The van der Waals surface area contributed by atoms with Crippen LogP contribution >= 0.6 is 0 Å². The van der Waals surface area contributed by atoms with Crippen molar-refractivity contribution in [3.63, 3.8) is 0 Å². The van der Waals surface area contributed by atoms with Crippen molar-refractivity contribution in [1.82, 2.24) is 0 Å². The van der Waals surface area contributed by atoms with Crippen molar-refractivity contribution in [1.29, 1.82) is 0 Å². The van der Waals surface area contributed by atoms with E-state index in [9.17, 15) is 4.79 Å². The highest BCUT2D eigenvalue weighted by Gasteiger charge is 2.30. The molecule has 0 aliphatic heterocycles. The molecule has 0 aromatic heterocycles. The van der Waals surface area contributed by atoms with Gasteiger partial charge in [0.2, 0.25) is 0 Å². The summed E-state index contributed by atoms with van der Waals surface area (Å²) in [5.41, 5.74) is 0. The monoisotopic (exact) mass is 210 g/mol. The molecule has 0 aliphatic rings. The number of aliphatic carboxylic acids is 1. The highest BCUT2D eigenvalue weighted by atomic mass is 16.4. The third-order valence-electron chi connectivity index (χ3n) is 1.71. The van der Waals surface area contributed by atoms with Crippen LogP contribution in [0.2, 0.25) is 0 Å². The van der Waals surface area contributed by atoms with Crippen molar-refractivity contribution in [3.8, 4) is 0 Å². The van der Waals surface area contributed by atoms with Gasteiger partial charge in [-0.3, -0.25) is 4.79 Å². The largest absolute Gasteiger partial charge is 0.481 e. The fourth-order valence-corrected chi connectivity index (χ4v) is 0.863. The number of carboxylic acids is 1. The lowest BCUT2D eigenvalue weighted by molar-refractivity contribution is -0.147. The van der Waals surface area contributed by atoms with Gasteiger partial charge in [0.05, 0.1) is 19.1 Å². The molecule has 7 nitrogen and oxygen atoms in total. The van der Waals surface area contributed by atoms with Crippen LogP contribution in [0.1, 0.15) is 6.42 Å². The molecular weight excluding hydrogens is 196 g/mol. The maximum Gasteiger partial charge on any atom is 0.306 e. The summed E-state index contributed by atoms with van der Waals surface area (Å²) < 4.78 is 0. The van der Waals surface area contributed by atoms with Crippen LogP contribution < -0.4 is 0 Å². The zero-order valence-corrected chi connectivity index (χ0v) is 7.32. The van der Waals surface area contributed by atoms with Crippen LogP contribution in [0.25, 0.3) is 0 Å². The van der Waals surface area contributed by atoms with Gasteiger partial charge in [-0.2, -0.15) is 0 Å². The topological polar surface area (TPSA) is 138 Å². The molecule has 0 fully saturated rings. The fourth-order valence-electron chi connectivity index (χ4n) is 0.863. The van der Waals surface area contributed by atoms with Gasteiger partial charge >= 0.3 is 5.97 Å². The highest BCUT2D eigenvalue weighted by molar-refractivity contribution is 5.67. The van der Waals surface area contributed by atoms with Crippen LogP contribution in [0.4, 0.5) is 0 Å². The summed E-state index contributed by atoms with van der Waals surface area (Å²) in [6.07, 6.45) is -7.66. The van der Waals surface area contributed by atoms with Gasteiger partial charge < -0.3 is 30.6 Å². The first-order valence-corrected chi connectivity index (χ1v) is 3.95. The summed E-state index contributed by atoms with van der Waals surface area (Å²) in [5.74, 6) is -1.35. The molecule has 0 radical (unpaired) electrons. The lowest BCUT2D eigenvalue weighted by Gasteiger charge is -2.24. The van der Waals surface area contributed by atoms with Gasteiger partial charge in [-0.1, -0.05) is 0 Å². The van der Waals surface area contributed by atoms with E-state index in [-0.39, 0.29) is 0 Å². The first-order valence-electron chi connectivity index (χ1n) is 3.95. The summed E-state index contributed by atoms with van der Waals surface area (Å²) >= 11 is 0. The summed E-state index contributed by atoms with van der Waals surface area (Å²) in [6.45, 7) is -0.794. The summed E-state index contributed by atoms with van der Waals surface area (Å²) in [6, 6.07) is 0. The van der Waals surface area contributed by atoms with E-state index in [4.69, 9.17) is 30.6 Å². The zero-order chi connectivity index (χ0) is 11.3. The maximum atomic E-state index is 10.1. The number of aliphatic hydroxyl groups is 5. The molecule has 0 amide bonds. The molecule has 6 N–H and O–H groups in total. The Morgan fingerprint density at radius 3 is 1.79 bits per heavy atom. The van der Waals surface area contributed by atoms with E-state index in [1.807, 2.05) is 0 Å². The first kappa shape index (κ1) is 13.3. The number of carbonyl (C=O) groups is 1. The molecule has 0 aromatic rings. The molecule has 0 saturated carbocycles. The summed E-state index contributed by atoms with van der Waals surface area (Å²) in [5, 5.41) is 52.7. The van der Waals surface area contributed by atoms with Crippen molar-refractivity contribution in [2.45, 2.75) is 30.8 Å². The number of hydrogen-bond acceptors (Lipinski definition) is 6. The van der Waals surface area contributed by atoms with E-state index < -0.39 is 43.4 Å². The number of rotatable bonds is 6. The van der Waals surface area contributed by atoms with E-state index in [1.165, 1.54) is 0 Å². The number of hydrogen-bond donors (Lipinski definition) is 6. The second-order valence-electron chi connectivity index (χ2n) is 2.90. The molecule has 0 heterocycles. The van der Waals surface area contributed by atoms with Gasteiger partial charge in [-0.25, -0.2) is 0 Å². The second kappa shape index (κ2) is 5.89. The Balaban J connectivity index is 4.15. The van der Waals surface area contributed by atoms with Crippen molar-refractivity contribution in [2.75, 3.05) is 6.61 Å². The van der Waals surface area contributed by atoms with Crippen molar-refractivity contribution < 1.29 is 35.4 Å². The molecule has 0 aromatic carbocycles. The molecular formula is C7H14O7. The normalized spacial score (nSPS) is 19.8. The Morgan fingerprint density at radius 1 is 1.00 bits per heavy atom. The lowest BCUT2D eigenvalue weighted by Crippen LogP contribution is -2.46. The van der Waals surface area contributed by atoms with Crippen LogP contribution in [0.5, 0.6) is 0 Å². The third kappa shape index (κ3) is 3.99. The Morgan fingerprint density at radius 2 is 1.43 bits per heavy atom. The zero-order valence-electron chi connectivity index (χ0n) is 7.32. The Bertz CT molecular complexity index is 183. The van der Waals surface area contributed by atoms with Crippen LogP contribution in [-0.4, -0.2) is 67.6 Å². The van der Waals surface area contributed by atoms with Gasteiger partial charge in [-0.05, 0) is 0 Å². The molecule has 0 bridgehead atoms. The molecule has 2 unspecified atom stereocenters. The predicted molar refractivity (Wildman–Crippen MR) is 43.4 cm³/mol. The quantitative estimate of drug-likeness (QED) is 0.273. The van der Waals surface area contributed by atoms with E-state index in [2.05, 4.69) is 0 Å². The fraction of sp³-hybridized carbons (Fsp3) is 0.857. The van der Waals surface area contributed by atoms with Gasteiger partial charge in [-0.15, -0.1) is 0 Å². The smallest absolute Gasteiger partial charge is 0.306 e. The summed E-state index contributed by atoms with van der Waals surface area (Å²) in [4.78, 5) is 10.1. The van der Waals surface area contributed by atoms with Gasteiger partial charge in [0.1, 0.15) is 18.3 Å². The predicted octanol–water partition coefficient (Wildman–Crippen LogP) is -3.10. The highest BCUT2D eigenvalue weighted by Crippen LogP contribution is 2.07. The molecule has 14 heavy (non-hydrogen) atoms. The van der Waals surface area contributed by atoms with E-state index in [0.29, 0.717) is 0 Å². The molecule has 7 heteroatoms. The number of carboxylic acid groups (broad SMARTS) is 1. The molecule has 4 atom stereocenters. The van der Waals surface area contributed by atoms with E-state index in [1.54, 1.807) is 0 Å². The minimum absolute atomic E-state index is 0.754. The van der Waals surface area contributed by atoms with E-state index >= 15 is 0 Å². The molecule has 84 valence electrons. The van der Waals surface area contributed by atoms with Crippen molar-refractivity contribution in [2.24, 2.45) is 0 Å². The van der Waals surface area contributed by atoms with Crippen molar-refractivity contribution >= 4 is 5.97 Å². The Hall–Kier alpha value is -0.730. The SMILES string of the molecule is O=C(O)CC(O)[C@@H](O)[C@H](O)C(O)CO. The minimum Gasteiger partial charge on any atom is -0.481 e. The lowest BCUT2D eigenvalue weighted by atomic mass is 10.0. The minimum atomic E-state index is -1.81. The Kier molecular flexibility index (Phi) is 5.58. The molecule has 0 saturated heterocycles. The first-order chi connectivity index (χ1) is 6.40. The van der Waals surface area contributed by atoms with Crippen molar-refractivity contribution in [3.05, 3.63) is 0 Å². The van der Waals surface area contributed by atoms with Gasteiger partial charge in [0.25, 0.3) is 0 Å². The second-order valence-corrected chi connectivity index (χ2v) is 2.90. The molecule has 0 aliphatic carbocycles. The summed E-state index contributed by atoms with van der Waals surface area (Å²) in [7, 11) is 0. The van der Waals surface area contributed by atoms with E-state index in [0.717, 1.165) is 0 Å². The molecule has 0 rings (SSSR count). The number of aliphatic hydroxyl groups excluding tert-OH is 5. The van der Waals surface area contributed by atoms with Gasteiger partial charge in [0.15, 0.2) is 0 Å². The molecule has 0 spiro atoms. The van der Waals surface area contributed by atoms with Gasteiger partial charge in [0, 0.05) is 0 Å². The third-order valence-corrected chi connectivity index (χ3v) is 1.71. The standard InChI is InChI=1S/C7H14O7/c8-2-4(10)7(14)6(13)3(9)1-5(11)12/h3-4,6-10,13-14H,1-2H2,(H,11,12)/t3?,4?,6-,7-/m1/s1. The maximum absolute atomic E-state index is 10.1. The van der Waals surface area contributed by atoms with Crippen LogP contribution in [-0.2, 0) is 4.79 Å². The average molecular weight is 210 g/mol. The van der Waals surface area contributed by atoms with Crippen LogP contribution in [0.15, 0.2) is 0 Å². The van der Waals surface area contributed by atoms with Crippen LogP contribution in [0, 0.1) is 0 Å². The van der Waals surface area contributed by atoms with Crippen LogP contribution in [0.3, 0.4) is 0 Å².